The molecule has 0 radical (unpaired) electrons. The molecule has 1 aromatic rings. The standard InChI is InChI=1S/C18H26FNO5/c1-11(20-17(22)25-18(4,5)6)16(21)24-13(3)12(2)23-15-9-7-14(19)8-10-15/h7-13H,1-6H3,(H,20,22)/t11-,12+,13-/m0/s1. The van der Waals surface area contributed by atoms with E-state index < -0.39 is 35.9 Å². The van der Waals surface area contributed by atoms with E-state index in [4.69, 9.17) is 14.2 Å². The Morgan fingerprint density at radius 2 is 1.60 bits per heavy atom. The fourth-order valence-corrected chi connectivity index (χ4v) is 1.75. The van der Waals surface area contributed by atoms with Gasteiger partial charge in [-0.1, -0.05) is 0 Å². The van der Waals surface area contributed by atoms with Gasteiger partial charge in [-0.2, -0.15) is 0 Å². The topological polar surface area (TPSA) is 73.9 Å². The van der Waals surface area contributed by atoms with Gasteiger partial charge in [0.05, 0.1) is 0 Å². The van der Waals surface area contributed by atoms with Crippen LogP contribution in [0.1, 0.15) is 41.5 Å². The van der Waals surface area contributed by atoms with Crippen molar-refractivity contribution >= 4 is 12.1 Å². The van der Waals surface area contributed by atoms with Gasteiger partial charge in [-0.05, 0) is 65.8 Å². The summed E-state index contributed by atoms with van der Waals surface area (Å²) in [6, 6.07) is 4.69. The molecule has 0 aliphatic carbocycles. The number of hydrogen-bond acceptors (Lipinski definition) is 5. The monoisotopic (exact) mass is 355 g/mol. The van der Waals surface area contributed by atoms with Crippen LogP contribution in [0.4, 0.5) is 9.18 Å². The Morgan fingerprint density at radius 3 is 2.12 bits per heavy atom. The molecule has 0 fully saturated rings. The van der Waals surface area contributed by atoms with Gasteiger partial charge >= 0.3 is 12.1 Å². The number of carbonyl (C=O) groups is 2. The smallest absolute Gasteiger partial charge is 0.408 e. The fourth-order valence-electron chi connectivity index (χ4n) is 1.75. The maximum absolute atomic E-state index is 12.9. The molecule has 1 N–H and O–H groups in total. The van der Waals surface area contributed by atoms with Crippen molar-refractivity contribution < 1.29 is 28.2 Å². The lowest BCUT2D eigenvalue weighted by Gasteiger charge is -2.24. The molecule has 140 valence electrons. The van der Waals surface area contributed by atoms with Gasteiger partial charge in [0.1, 0.15) is 35.4 Å². The molecule has 0 saturated heterocycles. The van der Waals surface area contributed by atoms with E-state index in [1.54, 1.807) is 34.6 Å². The molecular formula is C18H26FNO5. The number of carbonyl (C=O) groups excluding carboxylic acids is 2. The van der Waals surface area contributed by atoms with Crippen molar-refractivity contribution in [3.63, 3.8) is 0 Å². The van der Waals surface area contributed by atoms with Gasteiger partial charge in [-0.15, -0.1) is 0 Å². The SMILES string of the molecule is C[C@H](NC(=O)OC(C)(C)C)C(=O)O[C@@H](C)[C@@H](C)Oc1ccc(F)cc1. The summed E-state index contributed by atoms with van der Waals surface area (Å²) in [5.41, 5.74) is -0.654. The van der Waals surface area contributed by atoms with Gasteiger partial charge in [-0.25, -0.2) is 14.0 Å². The lowest BCUT2D eigenvalue weighted by Crippen LogP contribution is -2.44. The largest absolute Gasteiger partial charge is 0.487 e. The highest BCUT2D eigenvalue weighted by molar-refractivity contribution is 5.81. The van der Waals surface area contributed by atoms with Crippen molar-refractivity contribution in [1.82, 2.24) is 5.32 Å². The van der Waals surface area contributed by atoms with Crippen LogP contribution in [0.3, 0.4) is 0 Å². The Balaban J connectivity index is 2.48. The van der Waals surface area contributed by atoms with Crippen LogP contribution in [-0.4, -0.2) is 35.9 Å². The van der Waals surface area contributed by atoms with Crippen LogP contribution < -0.4 is 10.1 Å². The first kappa shape index (κ1) is 20.7. The predicted octanol–water partition coefficient (Wildman–Crippen LogP) is 3.44. The molecule has 0 unspecified atom stereocenters. The molecule has 0 heterocycles. The van der Waals surface area contributed by atoms with E-state index >= 15 is 0 Å². The Morgan fingerprint density at radius 1 is 1.04 bits per heavy atom. The summed E-state index contributed by atoms with van der Waals surface area (Å²) in [5.74, 6) is -0.494. The summed E-state index contributed by atoms with van der Waals surface area (Å²) in [4.78, 5) is 23.7. The minimum absolute atomic E-state index is 0.360. The zero-order valence-electron chi connectivity index (χ0n) is 15.5. The third-order valence-corrected chi connectivity index (χ3v) is 3.19. The summed E-state index contributed by atoms with van der Waals surface area (Å²) in [6.07, 6.45) is -1.72. The van der Waals surface area contributed by atoms with Gasteiger partial charge in [0.15, 0.2) is 0 Å². The van der Waals surface area contributed by atoms with E-state index in [1.807, 2.05) is 0 Å². The number of esters is 1. The van der Waals surface area contributed by atoms with Crippen LogP contribution in [0.5, 0.6) is 5.75 Å². The molecule has 1 rings (SSSR count). The van der Waals surface area contributed by atoms with Gasteiger partial charge in [0, 0.05) is 0 Å². The molecule has 1 amide bonds. The maximum Gasteiger partial charge on any atom is 0.408 e. The van der Waals surface area contributed by atoms with E-state index in [-0.39, 0.29) is 5.82 Å². The summed E-state index contributed by atoms with van der Waals surface area (Å²) in [7, 11) is 0. The van der Waals surface area contributed by atoms with Crippen LogP contribution in [-0.2, 0) is 14.3 Å². The predicted molar refractivity (Wildman–Crippen MR) is 90.9 cm³/mol. The van der Waals surface area contributed by atoms with Crippen molar-refractivity contribution in [1.29, 1.82) is 0 Å². The van der Waals surface area contributed by atoms with Crippen LogP contribution in [0, 0.1) is 5.82 Å². The second-order valence-electron chi connectivity index (χ2n) is 6.79. The number of benzene rings is 1. The zero-order valence-corrected chi connectivity index (χ0v) is 15.5. The van der Waals surface area contributed by atoms with E-state index in [0.717, 1.165) is 0 Å². The van der Waals surface area contributed by atoms with Crippen molar-refractivity contribution in [3.8, 4) is 5.75 Å². The zero-order chi connectivity index (χ0) is 19.2. The maximum atomic E-state index is 12.9. The lowest BCUT2D eigenvalue weighted by molar-refractivity contribution is -0.154. The van der Waals surface area contributed by atoms with E-state index in [9.17, 15) is 14.0 Å². The average molecular weight is 355 g/mol. The van der Waals surface area contributed by atoms with Crippen molar-refractivity contribution in [3.05, 3.63) is 30.1 Å². The molecular weight excluding hydrogens is 329 g/mol. The number of nitrogens with one attached hydrogen (secondary N) is 1. The molecule has 1 aromatic carbocycles. The highest BCUT2D eigenvalue weighted by Gasteiger charge is 2.25. The lowest BCUT2D eigenvalue weighted by atomic mass is 10.2. The first-order valence-electron chi connectivity index (χ1n) is 8.10. The van der Waals surface area contributed by atoms with Gasteiger partial charge in [0.25, 0.3) is 0 Å². The quantitative estimate of drug-likeness (QED) is 0.791. The van der Waals surface area contributed by atoms with Crippen molar-refractivity contribution in [2.45, 2.75) is 65.4 Å². The first-order chi connectivity index (χ1) is 11.5. The fraction of sp³-hybridized carbons (Fsp3) is 0.556. The normalized spacial score (nSPS) is 14.8. The minimum Gasteiger partial charge on any atom is -0.487 e. The highest BCUT2D eigenvalue weighted by atomic mass is 19.1. The Bertz CT molecular complexity index is 582. The van der Waals surface area contributed by atoms with E-state index in [0.29, 0.717) is 5.75 Å². The first-order valence-corrected chi connectivity index (χ1v) is 8.10. The number of halogens is 1. The number of alkyl carbamates (subject to hydrolysis) is 1. The van der Waals surface area contributed by atoms with Gasteiger partial charge in [-0.3, -0.25) is 0 Å². The summed E-state index contributed by atoms with van der Waals surface area (Å²) in [6.45, 7) is 10.1. The molecule has 7 heteroatoms. The molecule has 0 aromatic heterocycles. The summed E-state index contributed by atoms with van der Waals surface area (Å²) < 4.78 is 28.9. The van der Waals surface area contributed by atoms with Crippen LogP contribution >= 0.6 is 0 Å². The van der Waals surface area contributed by atoms with Crippen LogP contribution in [0.2, 0.25) is 0 Å². The van der Waals surface area contributed by atoms with Crippen LogP contribution in [0.25, 0.3) is 0 Å². The summed E-state index contributed by atoms with van der Waals surface area (Å²) >= 11 is 0. The van der Waals surface area contributed by atoms with Crippen molar-refractivity contribution in [2.24, 2.45) is 0 Å². The number of rotatable bonds is 6. The van der Waals surface area contributed by atoms with E-state index in [1.165, 1.54) is 31.2 Å². The number of ether oxygens (including phenoxy) is 3. The van der Waals surface area contributed by atoms with Crippen molar-refractivity contribution in [2.75, 3.05) is 0 Å². The number of amides is 1. The second kappa shape index (κ2) is 8.69. The Kier molecular flexibility index (Phi) is 7.21. The molecule has 25 heavy (non-hydrogen) atoms. The molecule has 0 aliphatic rings. The summed E-state index contributed by atoms with van der Waals surface area (Å²) in [5, 5.41) is 2.42. The third kappa shape index (κ3) is 7.87. The Labute approximate surface area is 147 Å². The van der Waals surface area contributed by atoms with Gasteiger partial charge in [0.2, 0.25) is 0 Å². The molecule has 6 nitrogen and oxygen atoms in total. The highest BCUT2D eigenvalue weighted by Crippen LogP contribution is 2.15. The average Bonchev–Trinajstić information content (AvgIpc) is 2.47. The molecule has 0 saturated carbocycles. The Hall–Kier alpha value is -2.31. The molecule has 0 bridgehead atoms. The van der Waals surface area contributed by atoms with Gasteiger partial charge < -0.3 is 19.5 Å². The second-order valence-corrected chi connectivity index (χ2v) is 6.79. The third-order valence-electron chi connectivity index (χ3n) is 3.19. The molecule has 3 atom stereocenters. The minimum atomic E-state index is -0.865. The van der Waals surface area contributed by atoms with Crippen LogP contribution in [0.15, 0.2) is 24.3 Å². The number of hydrogen-bond donors (Lipinski definition) is 1. The van der Waals surface area contributed by atoms with E-state index in [2.05, 4.69) is 5.32 Å². The molecule has 0 aliphatic heterocycles. The molecule has 0 spiro atoms.